The van der Waals surface area contributed by atoms with E-state index in [-0.39, 0.29) is 0 Å². The van der Waals surface area contributed by atoms with Crippen LogP contribution in [0.5, 0.6) is 0 Å². The van der Waals surface area contributed by atoms with E-state index >= 15 is 0 Å². The van der Waals surface area contributed by atoms with Gasteiger partial charge in [0.1, 0.15) is 0 Å². The third-order valence-electron chi connectivity index (χ3n) is 4.85. The topological polar surface area (TPSA) is 12.0 Å². The van der Waals surface area contributed by atoms with Crippen molar-refractivity contribution in [3.05, 3.63) is 0 Å². The normalized spacial score (nSPS) is 33.9. The van der Waals surface area contributed by atoms with Gasteiger partial charge in [0.05, 0.1) is 0 Å². The monoisotopic (exact) mass is 237 g/mol. The number of fused-ring (bicyclic) bond motifs is 12. The van der Waals surface area contributed by atoms with Gasteiger partial charge in [-0.3, -0.25) is 0 Å². The molecule has 2 bridgehead atoms. The van der Waals surface area contributed by atoms with Gasteiger partial charge in [-0.25, -0.2) is 0 Å². The first-order valence-electron chi connectivity index (χ1n) is 8.16. The molecule has 0 aromatic carbocycles. The van der Waals surface area contributed by atoms with Gasteiger partial charge in [0.2, 0.25) is 0 Å². The molecule has 3 fully saturated rings. The molecule has 0 atom stereocenters. The van der Waals surface area contributed by atoms with Crippen molar-refractivity contribution in [1.82, 2.24) is 5.32 Å². The molecule has 1 heteroatoms. The first-order chi connectivity index (χ1) is 8.45. The van der Waals surface area contributed by atoms with E-state index < -0.39 is 0 Å². The van der Waals surface area contributed by atoms with Gasteiger partial charge in [-0.05, 0) is 50.6 Å². The average Bonchev–Trinajstić information content (AvgIpc) is 2.29. The molecule has 3 aliphatic rings. The zero-order valence-electron chi connectivity index (χ0n) is 11.6. The molecule has 0 radical (unpaired) electrons. The highest BCUT2D eigenvalue weighted by Gasteiger charge is 2.14. The third-order valence-corrected chi connectivity index (χ3v) is 4.85. The van der Waals surface area contributed by atoms with Crippen molar-refractivity contribution in [1.29, 1.82) is 0 Å². The fourth-order valence-corrected chi connectivity index (χ4v) is 3.69. The molecule has 1 saturated carbocycles. The Kier molecular flexibility index (Phi) is 6.41. The summed E-state index contributed by atoms with van der Waals surface area (Å²) in [4.78, 5) is 0. The molecular weight excluding hydrogens is 206 g/mol. The summed E-state index contributed by atoms with van der Waals surface area (Å²) in [7, 11) is 0. The molecule has 2 saturated heterocycles. The van der Waals surface area contributed by atoms with E-state index in [2.05, 4.69) is 5.32 Å². The van der Waals surface area contributed by atoms with Crippen LogP contribution in [0.4, 0.5) is 0 Å². The average molecular weight is 237 g/mol. The number of hydrogen-bond acceptors (Lipinski definition) is 1. The maximum Gasteiger partial charge on any atom is -0.00205 e. The lowest BCUT2D eigenvalue weighted by atomic mass is 9.87. The molecule has 17 heavy (non-hydrogen) atoms. The van der Waals surface area contributed by atoms with Gasteiger partial charge < -0.3 is 5.32 Å². The Morgan fingerprint density at radius 2 is 1.06 bits per heavy atom. The van der Waals surface area contributed by atoms with Crippen LogP contribution in [0.25, 0.3) is 0 Å². The summed E-state index contributed by atoms with van der Waals surface area (Å²) in [5, 5.41) is 3.71. The maximum absolute atomic E-state index is 3.71. The second kappa shape index (κ2) is 8.13. The van der Waals surface area contributed by atoms with Crippen LogP contribution in [0.15, 0.2) is 0 Å². The van der Waals surface area contributed by atoms with Crippen LogP contribution >= 0.6 is 0 Å². The Balaban J connectivity index is 1.90. The minimum Gasteiger partial charge on any atom is -0.316 e. The molecule has 0 aromatic heterocycles. The Labute approximate surface area is 108 Å². The molecule has 1 aliphatic carbocycles. The van der Waals surface area contributed by atoms with Crippen LogP contribution in [0.1, 0.15) is 77.0 Å². The molecule has 0 spiro atoms. The number of rotatable bonds is 0. The Bertz CT molecular complexity index is 139. The van der Waals surface area contributed by atoms with E-state index in [4.69, 9.17) is 0 Å². The van der Waals surface area contributed by atoms with E-state index in [0.717, 1.165) is 11.8 Å². The fraction of sp³-hybridized carbons (Fsp3) is 1.00. The van der Waals surface area contributed by atoms with E-state index in [0.29, 0.717) is 0 Å². The third kappa shape index (κ3) is 5.42. The van der Waals surface area contributed by atoms with Crippen LogP contribution in [-0.4, -0.2) is 13.1 Å². The van der Waals surface area contributed by atoms with Crippen molar-refractivity contribution in [2.45, 2.75) is 77.0 Å². The summed E-state index contributed by atoms with van der Waals surface area (Å²) in [5.41, 5.74) is 0. The first kappa shape index (κ1) is 13.4. The lowest BCUT2D eigenvalue weighted by Crippen LogP contribution is -2.25. The van der Waals surface area contributed by atoms with E-state index in [9.17, 15) is 0 Å². The standard InChI is InChI=1S/C16H31N/c1-3-8-15-9-4-2-6-11-16(10-5-1)14-17-13-7-12-15/h15-17H,1-14H2. The van der Waals surface area contributed by atoms with Crippen molar-refractivity contribution in [3.8, 4) is 0 Å². The fourth-order valence-electron chi connectivity index (χ4n) is 3.69. The van der Waals surface area contributed by atoms with Gasteiger partial charge in [-0.15, -0.1) is 0 Å². The van der Waals surface area contributed by atoms with E-state index in [1.54, 1.807) is 0 Å². The van der Waals surface area contributed by atoms with Gasteiger partial charge in [0.15, 0.2) is 0 Å². The highest BCUT2D eigenvalue weighted by Crippen LogP contribution is 2.26. The molecule has 2 aliphatic heterocycles. The van der Waals surface area contributed by atoms with Gasteiger partial charge in [0, 0.05) is 0 Å². The smallest absolute Gasteiger partial charge is 0.00205 e. The van der Waals surface area contributed by atoms with Crippen molar-refractivity contribution in [2.75, 3.05) is 13.1 Å². The molecule has 100 valence electrons. The minimum absolute atomic E-state index is 0.977. The van der Waals surface area contributed by atoms with Gasteiger partial charge in [-0.2, -0.15) is 0 Å². The number of nitrogens with one attached hydrogen (secondary N) is 1. The number of hydrogen-bond donors (Lipinski definition) is 1. The van der Waals surface area contributed by atoms with Gasteiger partial charge in [-0.1, -0.05) is 51.4 Å². The maximum atomic E-state index is 3.71. The van der Waals surface area contributed by atoms with Crippen molar-refractivity contribution in [2.24, 2.45) is 11.8 Å². The SMILES string of the molecule is C1CCC2CCCCCC(CC1)CNCCC2. The van der Waals surface area contributed by atoms with Crippen LogP contribution < -0.4 is 5.32 Å². The van der Waals surface area contributed by atoms with Gasteiger partial charge in [0.25, 0.3) is 0 Å². The summed E-state index contributed by atoms with van der Waals surface area (Å²) in [5.74, 6) is 2.02. The summed E-state index contributed by atoms with van der Waals surface area (Å²) < 4.78 is 0. The predicted octanol–water partition coefficient (Wildman–Crippen LogP) is 4.52. The summed E-state index contributed by atoms with van der Waals surface area (Å²) in [6.07, 6.45) is 17.9. The Morgan fingerprint density at radius 3 is 1.71 bits per heavy atom. The highest BCUT2D eigenvalue weighted by molar-refractivity contribution is 4.69. The largest absolute Gasteiger partial charge is 0.316 e. The summed E-state index contributed by atoms with van der Waals surface area (Å²) in [6, 6.07) is 0. The summed E-state index contributed by atoms with van der Waals surface area (Å²) in [6.45, 7) is 2.57. The van der Waals surface area contributed by atoms with E-state index in [1.807, 2.05) is 0 Å². The Hall–Kier alpha value is -0.0400. The van der Waals surface area contributed by atoms with Gasteiger partial charge >= 0.3 is 0 Å². The molecule has 2 heterocycles. The molecule has 0 amide bonds. The van der Waals surface area contributed by atoms with Crippen LogP contribution in [0, 0.1) is 11.8 Å². The zero-order chi connectivity index (χ0) is 11.8. The lowest BCUT2D eigenvalue weighted by molar-refractivity contribution is 0.319. The quantitative estimate of drug-likeness (QED) is 0.653. The Morgan fingerprint density at radius 1 is 0.529 bits per heavy atom. The van der Waals surface area contributed by atoms with Crippen molar-refractivity contribution in [3.63, 3.8) is 0 Å². The molecule has 1 N–H and O–H groups in total. The second-order valence-corrected chi connectivity index (χ2v) is 6.35. The van der Waals surface area contributed by atoms with Crippen LogP contribution in [-0.2, 0) is 0 Å². The predicted molar refractivity (Wildman–Crippen MR) is 75.3 cm³/mol. The minimum atomic E-state index is 0.977. The van der Waals surface area contributed by atoms with Crippen LogP contribution in [0.2, 0.25) is 0 Å². The molecule has 1 nitrogen and oxygen atoms in total. The molecule has 0 unspecified atom stereocenters. The zero-order valence-corrected chi connectivity index (χ0v) is 11.6. The van der Waals surface area contributed by atoms with Crippen LogP contribution in [0.3, 0.4) is 0 Å². The van der Waals surface area contributed by atoms with Crippen molar-refractivity contribution >= 4 is 0 Å². The summed E-state index contributed by atoms with van der Waals surface area (Å²) >= 11 is 0. The highest BCUT2D eigenvalue weighted by atomic mass is 14.9. The van der Waals surface area contributed by atoms with E-state index in [1.165, 1.54) is 90.1 Å². The van der Waals surface area contributed by atoms with Crippen molar-refractivity contribution < 1.29 is 0 Å². The lowest BCUT2D eigenvalue weighted by Gasteiger charge is -2.23. The first-order valence-corrected chi connectivity index (χ1v) is 8.16. The molecule has 0 aromatic rings. The molecular formula is C16H31N. The second-order valence-electron chi connectivity index (χ2n) is 6.35. The molecule has 3 rings (SSSR count).